The zero-order valence-electron chi connectivity index (χ0n) is 13.8. The number of amides is 2. The molecule has 0 bridgehead atoms. The molecule has 2 rings (SSSR count). The summed E-state index contributed by atoms with van der Waals surface area (Å²) in [5, 5.41) is 5.95. The van der Waals surface area contributed by atoms with Crippen LogP contribution in [0.1, 0.15) is 5.56 Å². The van der Waals surface area contributed by atoms with Crippen molar-refractivity contribution in [3.05, 3.63) is 59.1 Å². The minimum Gasteiger partial charge on any atom is -0.497 e. The van der Waals surface area contributed by atoms with Crippen LogP contribution in [-0.4, -0.2) is 26.3 Å². The van der Waals surface area contributed by atoms with E-state index in [1.165, 1.54) is 0 Å². The number of hydrogen-bond acceptors (Lipinski definition) is 3. The first kappa shape index (κ1) is 18.5. The first-order chi connectivity index (χ1) is 12.2. The van der Waals surface area contributed by atoms with Crippen molar-refractivity contribution in [1.29, 1.82) is 0 Å². The lowest BCUT2D eigenvalue weighted by atomic mass is 10.2. The van der Waals surface area contributed by atoms with Gasteiger partial charge in [0.05, 0.1) is 18.7 Å². The van der Waals surface area contributed by atoms with E-state index in [9.17, 15) is 4.79 Å². The van der Waals surface area contributed by atoms with Gasteiger partial charge in [-0.05, 0) is 29.8 Å². The fourth-order valence-electron chi connectivity index (χ4n) is 1.90. The van der Waals surface area contributed by atoms with Crippen LogP contribution >= 0.6 is 11.6 Å². The van der Waals surface area contributed by atoms with Crippen LogP contribution in [0.4, 0.5) is 4.79 Å². The Labute approximate surface area is 152 Å². The van der Waals surface area contributed by atoms with Crippen LogP contribution in [0.3, 0.4) is 0 Å². The van der Waals surface area contributed by atoms with Gasteiger partial charge in [-0.2, -0.15) is 0 Å². The quantitative estimate of drug-likeness (QED) is 0.779. The molecule has 0 fully saturated rings. The molecule has 0 heterocycles. The molecule has 2 amide bonds. The summed E-state index contributed by atoms with van der Waals surface area (Å²) in [4.78, 5) is 11.7. The molecule has 0 saturated carbocycles. The Kier molecular flexibility index (Phi) is 7.48. The maximum atomic E-state index is 11.7. The fourth-order valence-corrected chi connectivity index (χ4v) is 2.09. The lowest BCUT2D eigenvalue weighted by molar-refractivity contribution is 0.241. The normalized spacial score (nSPS) is 9.52. The van der Waals surface area contributed by atoms with Gasteiger partial charge >= 0.3 is 6.03 Å². The molecule has 0 radical (unpaired) electrons. The van der Waals surface area contributed by atoms with E-state index in [0.717, 1.165) is 11.3 Å². The van der Waals surface area contributed by atoms with Gasteiger partial charge in [0.2, 0.25) is 0 Å². The first-order valence-corrected chi connectivity index (χ1v) is 8.04. The van der Waals surface area contributed by atoms with Crippen LogP contribution < -0.4 is 20.1 Å². The number of hydrogen-bond donors (Lipinski definition) is 2. The third kappa shape index (κ3) is 6.66. The van der Waals surface area contributed by atoms with Crippen molar-refractivity contribution in [3.8, 4) is 23.3 Å². The molecule has 0 aliphatic rings. The number of para-hydroxylation sites is 1. The van der Waals surface area contributed by atoms with Gasteiger partial charge in [-0.1, -0.05) is 47.7 Å². The molecule has 2 aromatic rings. The number of benzene rings is 2. The Hall–Kier alpha value is -2.84. The topological polar surface area (TPSA) is 59.6 Å². The predicted octanol–water partition coefficient (Wildman–Crippen LogP) is 3.23. The highest BCUT2D eigenvalue weighted by atomic mass is 35.5. The van der Waals surface area contributed by atoms with Crippen molar-refractivity contribution >= 4 is 17.6 Å². The van der Waals surface area contributed by atoms with Crippen LogP contribution in [0, 0.1) is 11.8 Å². The Morgan fingerprint density at radius 2 is 1.84 bits per heavy atom. The van der Waals surface area contributed by atoms with E-state index in [2.05, 4.69) is 22.5 Å². The van der Waals surface area contributed by atoms with Crippen molar-refractivity contribution in [3.63, 3.8) is 0 Å². The van der Waals surface area contributed by atoms with E-state index in [4.69, 9.17) is 21.1 Å². The lowest BCUT2D eigenvalue weighted by Crippen LogP contribution is -2.35. The zero-order chi connectivity index (χ0) is 17.9. The van der Waals surface area contributed by atoms with Gasteiger partial charge in [-0.3, -0.25) is 0 Å². The SMILES string of the molecule is COc1ccc(CNC(=O)NCC#CCOc2ccccc2Cl)cc1. The van der Waals surface area contributed by atoms with E-state index in [1.54, 1.807) is 19.2 Å². The summed E-state index contributed by atoms with van der Waals surface area (Å²) in [6.07, 6.45) is 0. The van der Waals surface area contributed by atoms with Gasteiger partial charge in [0.1, 0.15) is 18.1 Å². The maximum Gasteiger partial charge on any atom is 0.315 e. The number of carbonyl (C=O) groups is 1. The molecule has 2 aromatic carbocycles. The number of nitrogens with one attached hydrogen (secondary N) is 2. The fraction of sp³-hybridized carbons (Fsp3) is 0.211. The summed E-state index contributed by atoms with van der Waals surface area (Å²) in [6, 6.07) is 14.4. The van der Waals surface area contributed by atoms with Crippen molar-refractivity contribution in [2.75, 3.05) is 20.3 Å². The third-order valence-electron chi connectivity index (χ3n) is 3.21. The standard InChI is InChI=1S/C19H19ClN2O3/c1-24-16-10-8-15(9-11-16)14-22-19(23)21-12-4-5-13-25-18-7-3-2-6-17(18)20/h2-3,6-11H,12-14H2,1H3,(H2,21,22,23). The van der Waals surface area contributed by atoms with Gasteiger partial charge in [-0.25, -0.2) is 4.79 Å². The summed E-state index contributed by atoms with van der Waals surface area (Å²) in [5.74, 6) is 7.00. The summed E-state index contributed by atoms with van der Waals surface area (Å²) in [5.41, 5.74) is 0.982. The molecular weight excluding hydrogens is 340 g/mol. The predicted molar refractivity (Wildman–Crippen MR) is 98.0 cm³/mol. The van der Waals surface area contributed by atoms with Gasteiger partial charge in [0, 0.05) is 6.54 Å². The number of halogens is 1. The number of ether oxygens (including phenoxy) is 2. The molecule has 0 aliphatic carbocycles. The second-order valence-corrected chi connectivity index (χ2v) is 5.36. The molecule has 2 N–H and O–H groups in total. The lowest BCUT2D eigenvalue weighted by Gasteiger charge is -2.06. The van der Waals surface area contributed by atoms with Gasteiger partial charge in [-0.15, -0.1) is 0 Å². The van der Waals surface area contributed by atoms with E-state index >= 15 is 0 Å². The minimum absolute atomic E-state index is 0.207. The number of carbonyl (C=O) groups excluding carboxylic acids is 1. The van der Waals surface area contributed by atoms with Gasteiger partial charge < -0.3 is 20.1 Å². The molecule has 0 saturated heterocycles. The number of rotatable bonds is 6. The van der Waals surface area contributed by atoms with E-state index in [-0.39, 0.29) is 19.2 Å². The smallest absolute Gasteiger partial charge is 0.315 e. The van der Waals surface area contributed by atoms with Gasteiger partial charge in [0.25, 0.3) is 0 Å². The second-order valence-electron chi connectivity index (χ2n) is 4.96. The van der Waals surface area contributed by atoms with Crippen LogP contribution in [0.2, 0.25) is 5.02 Å². The van der Waals surface area contributed by atoms with E-state index < -0.39 is 0 Å². The summed E-state index contributed by atoms with van der Waals surface area (Å²) < 4.78 is 10.5. The Morgan fingerprint density at radius 3 is 2.56 bits per heavy atom. The molecule has 0 atom stereocenters. The molecule has 130 valence electrons. The Morgan fingerprint density at radius 1 is 1.08 bits per heavy atom. The molecular formula is C19H19ClN2O3. The molecule has 0 aliphatic heterocycles. The van der Waals surface area contributed by atoms with Crippen molar-refractivity contribution in [2.24, 2.45) is 0 Å². The Balaban J connectivity index is 1.63. The second kappa shape index (κ2) is 10.1. The van der Waals surface area contributed by atoms with Crippen LogP contribution in [-0.2, 0) is 6.54 Å². The summed E-state index contributed by atoms with van der Waals surface area (Å²) in [7, 11) is 1.61. The highest BCUT2D eigenvalue weighted by Gasteiger charge is 1.99. The first-order valence-electron chi connectivity index (χ1n) is 7.66. The largest absolute Gasteiger partial charge is 0.497 e. The summed E-state index contributed by atoms with van der Waals surface area (Å²) >= 11 is 5.96. The molecule has 25 heavy (non-hydrogen) atoms. The highest BCUT2D eigenvalue weighted by molar-refractivity contribution is 6.32. The molecule has 0 spiro atoms. The molecule has 6 heteroatoms. The number of urea groups is 1. The van der Waals surface area contributed by atoms with Crippen molar-refractivity contribution in [1.82, 2.24) is 10.6 Å². The van der Waals surface area contributed by atoms with Crippen molar-refractivity contribution in [2.45, 2.75) is 6.54 Å². The monoisotopic (exact) mass is 358 g/mol. The third-order valence-corrected chi connectivity index (χ3v) is 3.52. The average Bonchev–Trinajstić information content (AvgIpc) is 2.64. The molecule has 5 nitrogen and oxygen atoms in total. The molecule has 0 aromatic heterocycles. The molecule has 0 unspecified atom stereocenters. The van der Waals surface area contributed by atoms with E-state index in [0.29, 0.717) is 17.3 Å². The highest BCUT2D eigenvalue weighted by Crippen LogP contribution is 2.22. The summed E-state index contributed by atoms with van der Waals surface area (Å²) in [6.45, 7) is 0.873. The van der Waals surface area contributed by atoms with Crippen molar-refractivity contribution < 1.29 is 14.3 Å². The van der Waals surface area contributed by atoms with E-state index in [1.807, 2.05) is 36.4 Å². The van der Waals surface area contributed by atoms with Crippen LogP contribution in [0.15, 0.2) is 48.5 Å². The zero-order valence-corrected chi connectivity index (χ0v) is 14.6. The van der Waals surface area contributed by atoms with Gasteiger partial charge in [0.15, 0.2) is 0 Å². The number of methoxy groups -OCH3 is 1. The Bertz CT molecular complexity index is 751. The minimum atomic E-state index is -0.280. The van der Waals surface area contributed by atoms with Crippen LogP contribution in [0.5, 0.6) is 11.5 Å². The van der Waals surface area contributed by atoms with Crippen LogP contribution in [0.25, 0.3) is 0 Å². The maximum absolute atomic E-state index is 11.7. The average molecular weight is 359 g/mol.